The molecule has 0 saturated carbocycles. The smallest absolute Gasteiger partial charge is 0.395 e. The van der Waals surface area contributed by atoms with Gasteiger partial charge in [0.2, 0.25) is 0 Å². The third kappa shape index (κ3) is 2.46. The summed E-state index contributed by atoms with van der Waals surface area (Å²) in [4.78, 5) is 25.1. The number of hydrogen-bond acceptors (Lipinski definition) is 5. The Hall–Kier alpha value is -2.41. The summed E-state index contributed by atoms with van der Waals surface area (Å²) in [6.07, 6.45) is 2.83. The summed E-state index contributed by atoms with van der Waals surface area (Å²) in [6, 6.07) is 3.80. The van der Waals surface area contributed by atoms with Crippen LogP contribution in [0.1, 0.15) is 10.6 Å². The van der Waals surface area contributed by atoms with Gasteiger partial charge in [0, 0.05) is 6.20 Å². The molecule has 0 aliphatic carbocycles. The van der Waals surface area contributed by atoms with Crippen molar-refractivity contribution in [1.29, 1.82) is 0 Å². The van der Waals surface area contributed by atoms with Gasteiger partial charge in [-0.25, -0.2) is 0 Å². The number of aromatic nitrogens is 1. The first-order valence-electron chi connectivity index (χ1n) is 4.73. The number of nitrogens with zero attached hydrogens (tertiary/aromatic N) is 2. The Bertz CT molecular complexity index is 611. The Morgan fingerprint density at radius 2 is 2.22 bits per heavy atom. The van der Waals surface area contributed by atoms with Gasteiger partial charge in [0.25, 0.3) is 5.91 Å². The molecule has 0 unspecified atom stereocenters. The number of halogens is 1. The molecule has 0 spiro atoms. The highest BCUT2D eigenvalue weighted by Crippen LogP contribution is 2.21. The molecule has 92 valence electrons. The summed E-state index contributed by atoms with van der Waals surface area (Å²) in [7, 11) is 0. The molecule has 7 nitrogen and oxygen atoms in total. The Kier molecular flexibility index (Phi) is 3.24. The van der Waals surface area contributed by atoms with Crippen LogP contribution in [0.3, 0.4) is 0 Å². The van der Waals surface area contributed by atoms with Crippen LogP contribution >= 0.6 is 11.6 Å². The first-order chi connectivity index (χ1) is 8.58. The van der Waals surface area contributed by atoms with Crippen molar-refractivity contribution in [2.45, 2.75) is 0 Å². The molecule has 0 atom stereocenters. The van der Waals surface area contributed by atoms with Gasteiger partial charge >= 0.3 is 5.88 Å². The van der Waals surface area contributed by atoms with Crippen molar-refractivity contribution >= 4 is 29.1 Å². The van der Waals surface area contributed by atoms with Crippen LogP contribution in [0.4, 0.5) is 11.6 Å². The predicted octanol–water partition coefficient (Wildman–Crippen LogP) is 2.49. The lowest BCUT2D eigenvalue weighted by Gasteiger charge is -2.03. The van der Waals surface area contributed by atoms with Crippen LogP contribution in [-0.4, -0.2) is 15.8 Å². The maximum atomic E-state index is 11.7. The number of furan rings is 1. The maximum absolute atomic E-state index is 11.7. The largest absolute Gasteiger partial charge is 0.433 e. The number of nitrogens with one attached hydrogen (secondary N) is 1. The molecule has 2 aromatic rings. The zero-order valence-electron chi connectivity index (χ0n) is 8.79. The summed E-state index contributed by atoms with van der Waals surface area (Å²) in [6.45, 7) is 0. The van der Waals surface area contributed by atoms with E-state index in [-0.39, 0.29) is 5.76 Å². The Morgan fingerprint density at radius 1 is 1.44 bits per heavy atom. The van der Waals surface area contributed by atoms with E-state index < -0.39 is 16.7 Å². The second-order valence-electron chi connectivity index (χ2n) is 3.20. The molecule has 2 rings (SSSR count). The van der Waals surface area contributed by atoms with Crippen LogP contribution in [0, 0.1) is 10.1 Å². The number of amides is 1. The fourth-order valence-corrected chi connectivity index (χ4v) is 1.35. The molecule has 8 heteroatoms. The SMILES string of the molecule is O=C(Nc1cnccc1Cl)c1ccc([N+](=O)[O-])o1. The van der Waals surface area contributed by atoms with Gasteiger partial charge in [-0.15, -0.1) is 0 Å². The lowest BCUT2D eigenvalue weighted by Crippen LogP contribution is -2.11. The van der Waals surface area contributed by atoms with Gasteiger partial charge in [-0.1, -0.05) is 11.6 Å². The molecule has 0 aliphatic heterocycles. The first-order valence-corrected chi connectivity index (χ1v) is 5.11. The van der Waals surface area contributed by atoms with Gasteiger partial charge in [-0.2, -0.15) is 0 Å². The van der Waals surface area contributed by atoms with E-state index in [1.807, 2.05) is 0 Å². The van der Waals surface area contributed by atoms with E-state index >= 15 is 0 Å². The zero-order valence-corrected chi connectivity index (χ0v) is 9.55. The summed E-state index contributed by atoms with van der Waals surface area (Å²) in [5.74, 6) is -1.32. The van der Waals surface area contributed by atoms with Crippen molar-refractivity contribution in [1.82, 2.24) is 4.98 Å². The fourth-order valence-electron chi connectivity index (χ4n) is 1.20. The topological polar surface area (TPSA) is 98.3 Å². The van der Waals surface area contributed by atoms with Crippen LogP contribution in [0.5, 0.6) is 0 Å². The molecule has 18 heavy (non-hydrogen) atoms. The number of nitro groups is 1. The standard InChI is InChI=1S/C10H6ClN3O4/c11-6-3-4-12-5-7(6)13-10(15)8-1-2-9(18-8)14(16)17/h1-5H,(H,13,15). The second kappa shape index (κ2) is 4.84. The second-order valence-corrected chi connectivity index (χ2v) is 3.61. The van der Waals surface area contributed by atoms with E-state index in [9.17, 15) is 14.9 Å². The van der Waals surface area contributed by atoms with E-state index in [4.69, 9.17) is 16.0 Å². The monoisotopic (exact) mass is 267 g/mol. The number of pyridine rings is 1. The normalized spacial score (nSPS) is 10.1. The third-order valence-electron chi connectivity index (χ3n) is 2.01. The number of hydrogen-bond donors (Lipinski definition) is 1. The van der Waals surface area contributed by atoms with E-state index in [0.29, 0.717) is 10.7 Å². The van der Waals surface area contributed by atoms with E-state index in [1.165, 1.54) is 24.5 Å². The Labute approximate surface area is 106 Å². The fraction of sp³-hybridized carbons (Fsp3) is 0. The van der Waals surface area contributed by atoms with Crippen molar-refractivity contribution in [3.05, 3.63) is 51.5 Å². The van der Waals surface area contributed by atoms with Crippen LogP contribution in [0.25, 0.3) is 0 Å². The molecule has 2 heterocycles. The van der Waals surface area contributed by atoms with Gasteiger partial charge in [0.15, 0.2) is 5.76 Å². The molecule has 0 fully saturated rings. The highest BCUT2D eigenvalue weighted by molar-refractivity contribution is 6.33. The minimum Gasteiger partial charge on any atom is -0.395 e. The lowest BCUT2D eigenvalue weighted by atomic mass is 10.3. The van der Waals surface area contributed by atoms with Crippen molar-refractivity contribution in [2.24, 2.45) is 0 Å². The molecule has 2 aromatic heterocycles. The van der Waals surface area contributed by atoms with E-state index in [1.54, 1.807) is 0 Å². The molecular weight excluding hydrogens is 262 g/mol. The molecule has 0 bridgehead atoms. The van der Waals surface area contributed by atoms with Gasteiger partial charge in [-0.3, -0.25) is 19.9 Å². The van der Waals surface area contributed by atoms with Gasteiger partial charge < -0.3 is 9.73 Å². The van der Waals surface area contributed by atoms with Crippen molar-refractivity contribution in [2.75, 3.05) is 5.32 Å². The van der Waals surface area contributed by atoms with Crippen molar-refractivity contribution in [3.8, 4) is 0 Å². The summed E-state index contributed by atoms with van der Waals surface area (Å²) < 4.78 is 4.74. The van der Waals surface area contributed by atoms with Gasteiger partial charge in [-0.05, 0) is 12.1 Å². The average Bonchev–Trinajstić information content (AvgIpc) is 2.81. The van der Waals surface area contributed by atoms with E-state index in [0.717, 1.165) is 6.07 Å². The predicted molar refractivity (Wildman–Crippen MR) is 62.6 cm³/mol. The number of carbonyl (C=O) groups excluding carboxylic acids is 1. The Morgan fingerprint density at radius 3 is 2.83 bits per heavy atom. The third-order valence-corrected chi connectivity index (χ3v) is 2.34. The lowest BCUT2D eigenvalue weighted by molar-refractivity contribution is -0.402. The van der Waals surface area contributed by atoms with Crippen LogP contribution in [0.2, 0.25) is 5.02 Å². The number of carbonyl (C=O) groups is 1. The molecular formula is C10H6ClN3O4. The highest BCUT2D eigenvalue weighted by Gasteiger charge is 2.17. The summed E-state index contributed by atoms with van der Waals surface area (Å²) in [5.41, 5.74) is 0.295. The highest BCUT2D eigenvalue weighted by atomic mass is 35.5. The molecule has 0 aliphatic rings. The summed E-state index contributed by atoms with van der Waals surface area (Å²) >= 11 is 5.82. The molecule has 0 radical (unpaired) electrons. The minimum atomic E-state index is -0.728. The zero-order chi connectivity index (χ0) is 13.1. The molecule has 1 N–H and O–H groups in total. The molecule has 1 amide bonds. The van der Waals surface area contributed by atoms with Gasteiger partial charge in [0.1, 0.15) is 4.92 Å². The number of rotatable bonds is 3. The molecule has 0 aromatic carbocycles. The molecule has 0 saturated heterocycles. The maximum Gasteiger partial charge on any atom is 0.433 e. The first kappa shape index (κ1) is 12.1. The quantitative estimate of drug-likeness (QED) is 0.680. The van der Waals surface area contributed by atoms with Crippen LogP contribution in [0.15, 0.2) is 35.0 Å². The van der Waals surface area contributed by atoms with E-state index in [2.05, 4.69) is 10.3 Å². The minimum absolute atomic E-state index is 0.179. The van der Waals surface area contributed by atoms with Crippen molar-refractivity contribution in [3.63, 3.8) is 0 Å². The van der Waals surface area contributed by atoms with Crippen molar-refractivity contribution < 1.29 is 14.1 Å². The summed E-state index contributed by atoms with van der Waals surface area (Å²) in [5, 5.41) is 13.1. The Balaban J connectivity index is 2.17. The average molecular weight is 268 g/mol. The van der Waals surface area contributed by atoms with Gasteiger partial charge in [0.05, 0.1) is 23.0 Å². The van der Waals surface area contributed by atoms with Crippen LogP contribution < -0.4 is 5.32 Å². The number of anilines is 1. The van der Waals surface area contributed by atoms with Crippen LogP contribution in [-0.2, 0) is 0 Å².